The van der Waals surface area contributed by atoms with Crippen molar-refractivity contribution in [2.45, 2.75) is 84.0 Å². The Morgan fingerprint density at radius 1 is 1.17 bits per heavy atom. The maximum absolute atomic E-state index is 13.5. The van der Waals surface area contributed by atoms with Crippen molar-refractivity contribution in [3.8, 4) is 5.75 Å². The van der Waals surface area contributed by atoms with Crippen LogP contribution in [0.3, 0.4) is 0 Å². The van der Waals surface area contributed by atoms with Gasteiger partial charge in [0.2, 0.25) is 0 Å². The number of fused-ring (bicyclic) bond motifs is 1. The molecular weight excluding hydrogens is 534 g/mol. The highest BCUT2D eigenvalue weighted by Gasteiger charge is 2.47. The van der Waals surface area contributed by atoms with Crippen LogP contribution < -0.4 is 4.74 Å². The molecule has 1 saturated carbocycles. The van der Waals surface area contributed by atoms with E-state index in [1.54, 1.807) is 0 Å². The lowest BCUT2D eigenvalue weighted by atomic mass is 9.75. The number of hydrogen-bond donors (Lipinski definition) is 0. The first-order valence-corrected chi connectivity index (χ1v) is 13.1. The average molecular weight is 565 g/mol. The van der Waals surface area contributed by atoms with Crippen molar-refractivity contribution >= 4 is 55.4 Å². The van der Waals surface area contributed by atoms with Crippen molar-refractivity contribution in [2.75, 3.05) is 6.61 Å². The first kappa shape index (κ1) is 24.3. The van der Waals surface area contributed by atoms with E-state index < -0.39 is 0 Å². The largest absolute Gasteiger partial charge is 0.492 e. The number of Topliss-reactive ketones (excluding diaryl/α,β-unsaturated/α-hetero) is 1. The summed E-state index contributed by atoms with van der Waals surface area (Å²) in [4.78, 5) is 24.5. The molecule has 1 aromatic rings. The maximum atomic E-state index is 13.5. The van der Waals surface area contributed by atoms with E-state index in [4.69, 9.17) is 27.9 Å². The molecule has 0 N–H and O–H groups in total. The lowest BCUT2D eigenvalue weighted by molar-refractivity contribution is -0.109. The summed E-state index contributed by atoms with van der Waals surface area (Å²) >= 11 is 14.9. The third kappa shape index (κ3) is 5.92. The Bertz CT molecular complexity index is 791. The Kier molecular flexibility index (Phi) is 8.92. The molecule has 0 aliphatic heterocycles. The number of carbonyl (C=O) groups is 2. The zero-order chi connectivity index (χ0) is 21.7. The average Bonchev–Trinajstić information content (AvgIpc) is 3.50. The molecule has 3 rings (SSSR count). The van der Waals surface area contributed by atoms with E-state index in [-0.39, 0.29) is 15.0 Å². The monoisotopic (exact) mass is 564 g/mol. The second-order valence-corrected chi connectivity index (χ2v) is 10.9. The maximum Gasteiger partial charge on any atom is 0.192 e. The molecule has 1 aromatic carbocycles. The molecule has 0 spiro atoms. The Morgan fingerprint density at radius 2 is 1.93 bits per heavy atom. The van der Waals surface area contributed by atoms with Gasteiger partial charge in [-0.1, -0.05) is 55.8 Å². The third-order valence-corrected chi connectivity index (χ3v) is 7.89. The number of rotatable bonds is 13. The molecular formula is C24H31Cl2IO3. The molecule has 6 heteroatoms. The molecule has 0 heterocycles. The molecule has 2 aliphatic rings. The van der Waals surface area contributed by atoms with E-state index >= 15 is 0 Å². The molecule has 0 saturated heterocycles. The zero-order valence-electron chi connectivity index (χ0n) is 17.7. The van der Waals surface area contributed by atoms with E-state index in [1.807, 2.05) is 28.7 Å². The summed E-state index contributed by atoms with van der Waals surface area (Å²) in [6.45, 7) is 2.70. The Balaban J connectivity index is 1.70. The summed E-state index contributed by atoms with van der Waals surface area (Å²) in [5.41, 5.74) is 1.30. The lowest BCUT2D eigenvalue weighted by Crippen LogP contribution is -2.28. The standard InChI is InChI=1S/C24H31Cl2IO3/c1-2-3-11-24(12-10-16-8-9-16)15-17-14-18(21(25)22(26)20(17)23(24)29)30-13-6-4-5-7-19(27)28/h14,16H,2-13,15H2,1H3. The summed E-state index contributed by atoms with van der Waals surface area (Å²) in [6.07, 6.45) is 11.8. The van der Waals surface area contributed by atoms with Crippen molar-refractivity contribution in [1.82, 2.24) is 0 Å². The molecule has 0 radical (unpaired) electrons. The van der Waals surface area contributed by atoms with Gasteiger partial charge < -0.3 is 4.74 Å². The molecule has 30 heavy (non-hydrogen) atoms. The highest BCUT2D eigenvalue weighted by Crippen LogP contribution is 2.51. The van der Waals surface area contributed by atoms with Gasteiger partial charge >= 0.3 is 0 Å². The Labute approximate surface area is 203 Å². The van der Waals surface area contributed by atoms with Crippen LogP contribution in [0.15, 0.2) is 6.07 Å². The fraction of sp³-hybridized carbons (Fsp3) is 0.667. The number of benzene rings is 1. The van der Waals surface area contributed by atoms with Crippen molar-refractivity contribution in [3.05, 3.63) is 27.2 Å². The van der Waals surface area contributed by atoms with Gasteiger partial charge in [-0.3, -0.25) is 9.59 Å². The first-order chi connectivity index (χ1) is 14.4. The number of unbranched alkanes of at least 4 members (excludes halogenated alkanes) is 3. The summed E-state index contributed by atoms with van der Waals surface area (Å²) in [5.74, 6) is 1.57. The summed E-state index contributed by atoms with van der Waals surface area (Å²) < 4.78 is 6.12. The molecule has 166 valence electrons. The third-order valence-electron chi connectivity index (χ3n) is 6.50. The van der Waals surface area contributed by atoms with E-state index in [1.165, 1.54) is 12.8 Å². The second-order valence-electron chi connectivity index (χ2n) is 8.92. The number of hydrogen-bond acceptors (Lipinski definition) is 3. The fourth-order valence-corrected chi connectivity index (χ4v) is 5.39. The van der Waals surface area contributed by atoms with Gasteiger partial charge in [-0.15, -0.1) is 0 Å². The van der Waals surface area contributed by atoms with E-state index in [0.29, 0.717) is 34.4 Å². The molecule has 1 atom stereocenters. The van der Waals surface area contributed by atoms with Crippen LogP contribution in [0.5, 0.6) is 5.75 Å². The second kappa shape index (κ2) is 11.0. The first-order valence-electron chi connectivity index (χ1n) is 11.2. The van der Waals surface area contributed by atoms with Crippen LogP contribution in [0.25, 0.3) is 0 Å². The van der Waals surface area contributed by atoms with Crippen LogP contribution in [0.1, 0.15) is 93.5 Å². The number of halogens is 3. The van der Waals surface area contributed by atoms with Gasteiger partial charge in [0.1, 0.15) is 10.8 Å². The van der Waals surface area contributed by atoms with Gasteiger partial charge in [-0.05, 0) is 85.1 Å². The van der Waals surface area contributed by atoms with Gasteiger partial charge in [0.15, 0.2) is 9.57 Å². The van der Waals surface area contributed by atoms with E-state index in [9.17, 15) is 9.59 Å². The predicted molar refractivity (Wildman–Crippen MR) is 131 cm³/mol. The lowest BCUT2D eigenvalue weighted by Gasteiger charge is -2.27. The zero-order valence-corrected chi connectivity index (χ0v) is 21.4. The van der Waals surface area contributed by atoms with Crippen LogP contribution in [-0.4, -0.2) is 16.2 Å². The normalized spacial score (nSPS) is 20.5. The van der Waals surface area contributed by atoms with Gasteiger partial charge in [0.25, 0.3) is 0 Å². The van der Waals surface area contributed by atoms with Crippen molar-refractivity contribution < 1.29 is 14.3 Å². The molecule has 1 fully saturated rings. The van der Waals surface area contributed by atoms with Crippen LogP contribution in [0.2, 0.25) is 10.0 Å². The fourth-order valence-electron chi connectivity index (χ4n) is 4.51. The summed E-state index contributed by atoms with van der Waals surface area (Å²) in [5, 5.41) is 0.703. The van der Waals surface area contributed by atoms with Gasteiger partial charge in [0.05, 0.1) is 11.6 Å². The predicted octanol–water partition coefficient (Wildman–Crippen LogP) is 8.00. The van der Waals surface area contributed by atoms with Crippen LogP contribution in [0.4, 0.5) is 0 Å². The minimum Gasteiger partial charge on any atom is -0.492 e. The number of ether oxygens (including phenoxy) is 1. The Hall–Kier alpha value is -0.330. The highest BCUT2D eigenvalue weighted by molar-refractivity contribution is 14.1. The summed E-state index contributed by atoms with van der Waals surface area (Å²) in [7, 11) is 0. The minimum absolute atomic E-state index is 0.188. The quantitative estimate of drug-likeness (QED) is 0.138. The van der Waals surface area contributed by atoms with Crippen LogP contribution >= 0.6 is 45.8 Å². The van der Waals surface area contributed by atoms with E-state index in [0.717, 1.165) is 69.3 Å². The number of carbonyl (C=O) groups excluding carboxylic acids is 2. The van der Waals surface area contributed by atoms with Gasteiger partial charge in [-0.2, -0.15) is 0 Å². The molecule has 0 bridgehead atoms. The molecule has 2 aliphatic carbocycles. The van der Waals surface area contributed by atoms with Crippen molar-refractivity contribution in [1.29, 1.82) is 0 Å². The highest BCUT2D eigenvalue weighted by atomic mass is 127. The minimum atomic E-state index is -0.321. The molecule has 3 nitrogen and oxygen atoms in total. The molecule has 0 amide bonds. The molecule has 1 unspecified atom stereocenters. The van der Waals surface area contributed by atoms with Crippen molar-refractivity contribution in [3.63, 3.8) is 0 Å². The van der Waals surface area contributed by atoms with Crippen molar-refractivity contribution in [2.24, 2.45) is 11.3 Å². The molecule has 0 aromatic heterocycles. The topological polar surface area (TPSA) is 43.4 Å². The van der Waals surface area contributed by atoms with E-state index in [2.05, 4.69) is 6.92 Å². The summed E-state index contributed by atoms with van der Waals surface area (Å²) in [6, 6.07) is 1.95. The Morgan fingerprint density at radius 3 is 2.60 bits per heavy atom. The van der Waals surface area contributed by atoms with Crippen LogP contribution in [0, 0.1) is 11.3 Å². The van der Waals surface area contributed by atoms with Crippen LogP contribution in [-0.2, 0) is 11.2 Å². The smallest absolute Gasteiger partial charge is 0.192 e. The number of ketones is 1. The SMILES string of the molecule is CCCCC1(CCC2CC2)Cc2cc(OCCCCCC(=O)I)c(Cl)c(Cl)c2C1=O. The van der Waals surface area contributed by atoms with Gasteiger partial charge in [0, 0.05) is 17.4 Å². The van der Waals surface area contributed by atoms with Gasteiger partial charge in [-0.25, -0.2) is 0 Å².